The van der Waals surface area contributed by atoms with Crippen molar-refractivity contribution in [1.82, 2.24) is 4.98 Å². The monoisotopic (exact) mass is 207 g/mol. The van der Waals surface area contributed by atoms with Gasteiger partial charge >= 0.3 is 0 Å². The summed E-state index contributed by atoms with van der Waals surface area (Å²) in [5.74, 6) is -1.46. The Kier molecular flexibility index (Phi) is 2.54. The molecule has 0 spiro atoms. The number of alkyl halides is 2. The number of nitrogens with zero attached hydrogens (tertiary/aromatic N) is 2. The summed E-state index contributed by atoms with van der Waals surface area (Å²) in [6.07, 6.45) is -3.08. The summed E-state index contributed by atoms with van der Waals surface area (Å²) in [4.78, 5) is 12.0. The van der Waals surface area contributed by atoms with Crippen molar-refractivity contribution in [3.63, 3.8) is 0 Å². The van der Waals surface area contributed by atoms with Gasteiger partial charge in [0.05, 0.1) is 4.92 Å². The van der Waals surface area contributed by atoms with Crippen LogP contribution in [-0.4, -0.2) is 9.91 Å². The largest absolute Gasteiger partial charge is 0.389 e. The normalized spacial score (nSPS) is 10.6. The summed E-state index contributed by atoms with van der Waals surface area (Å²) in [6, 6.07) is 0.447. The van der Waals surface area contributed by atoms with Crippen molar-refractivity contribution in [2.45, 2.75) is 6.43 Å². The minimum absolute atomic E-state index is 0.447. The topological polar surface area (TPSA) is 82.0 Å². The van der Waals surface area contributed by atoms with Gasteiger partial charge in [-0.3, -0.25) is 10.1 Å². The number of nitro groups is 1. The molecule has 1 heterocycles. The molecule has 0 saturated carbocycles. The maximum Gasteiger partial charge on any atom is 0.298 e. The van der Waals surface area contributed by atoms with Gasteiger partial charge in [0.2, 0.25) is 5.95 Å². The summed E-state index contributed by atoms with van der Waals surface area (Å²) in [5.41, 5.74) is 2.16. The fourth-order valence-electron chi connectivity index (χ4n) is 0.792. The Morgan fingerprint density at radius 3 is 2.57 bits per heavy atom. The molecule has 8 heteroatoms. The van der Waals surface area contributed by atoms with E-state index >= 15 is 0 Å². The van der Waals surface area contributed by atoms with E-state index in [0.717, 1.165) is 0 Å². The molecule has 0 bridgehead atoms. The van der Waals surface area contributed by atoms with Gasteiger partial charge in [0, 0.05) is 6.07 Å². The van der Waals surface area contributed by atoms with Gasteiger partial charge in [-0.25, -0.2) is 13.8 Å². The second-order valence-electron chi connectivity index (χ2n) is 2.33. The molecule has 76 valence electrons. The predicted octanol–water partition coefficient (Wildman–Crippen LogP) is 1.65. The van der Waals surface area contributed by atoms with E-state index in [-0.39, 0.29) is 0 Å². The second kappa shape index (κ2) is 3.48. The lowest BCUT2D eigenvalue weighted by atomic mass is 10.3. The van der Waals surface area contributed by atoms with Crippen LogP contribution in [0.5, 0.6) is 0 Å². The van der Waals surface area contributed by atoms with Gasteiger partial charge in [0.15, 0.2) is 5.69 Å². The molecule has 5 nitrogen and oxygen atoms in total. The number of anilines is 1. The van der Waals surface area contributed by atoms with Crippen molar-refractivity contribution in [2.75, 3.05) is 5.73 Å². The highest BCUT2D eigenvalue weighted by Gasteiger charge is 2.22. The number of hydrogen-bond donors (Lipinski definition) is 1. The zero-order chi connectivity index (χ0) is 10.9. The summed E-state index contributed by atoms with van der Waals surface area (Å²) in [6.45, 7) is 0. The highest BCUT2D eigenvalue weighted by atomic mass is 19.3. The molecule has 1 rings (SSSR count). The molecular weight excluding hydrogens is 203 g/mol. The molecule has 0 aliphatic rings. The zero-order valence-corrected chi connectivity index (χ0v) is 6.58. The van der Waals surface area contributed by atoms with E-state index in [1.165, 1.54) is 0 Å². The minimum atomic E-state index is -3.08. The van der Waals surface area contributed by atoms with Gasteiger partial charge in [-0.2, -0.15) is 4.39 Å². The average molecular weight is 207 g/mol. The van der Waals surface area contributed by atoms with Crippen molar-refractivity contribution >= 4 is 11.4 Å². The molecule has 0 unspecified atom stereocenters. The van der Waals surface area contributed by atoms with Crippen LogP contribution in [0.3, 0.4) is 0 Å². The van der Waals surface area contributed by atoms with Gasteiger partial charge in [-0.15, -0.1) is 0 Å². The van der Waals surface area contributed by atoms with E-state index < -0.39 is 34.4 Å². The molecule has 0 aliphatic carbocycles. The number of nitrogen functional groups attached to an aromatic ring is 1. The van der Waals surface area contributed by atoms with Crippen LogP contribution in [0.2, 0.25) is 0 Å². The number of nitrogens with two attached hydrogens (primary N) is 1. The Morgan fingerprint density at radius 2 is 2.14 bits per heavy atom. The first-order valence-electron chi connectivity index (χ1n) is 3.32. The second-order valence-corrected chi connectivity index (χ2v) is 2.33. The standard InChI is InChI=1S/C6H4F3N3O2/c7-5(8)2-1-3(12(13)14)4(10)6(9)11-2/h1,5H,10H2. The smallest absolute Gasteiger partial charge is 0.298 e. The fraction of sp³-hybridized carbons (Fsp3) is 0.167. The van der Waals surface area contributed by atoms with E-state index in [4.69, 9.17) is 5.73 Å². The van der Waals surface area contributed by atoms with Gasteiger partial charge < -0.3 is 5.73 Å². The predicted molar refractivity (Wildman–Crippen MR) is 40.2 cm³/mol. The van der Waals surface area contributed by atoms with Crippen LogP contribution in [0.15, 0.2) is 6.07 Å². The Labute approximate surface area is 75.5 Å². The van der Waals surface area contributed by atoms with Crippen LogP contribution in [0.25, 0.3) is 0 Å². The van der Waals surface area contributed by atoms with Crippen LogP contribution in [0.4, 0.5) is 24.5 Å². The Balaban J connectivity index is 3.35. The van der Waals surface area contributed by atoms with Gasteiger partial charge in [0.1, 0.15) is 5.69 Å². The maximum atomic E-state index is 12.7. The molecular formula is C6H4F3N3O2. The summed E-state index contributed by atoms with van der Waals surface area (Å²) < 4.78 is 36.7. The summed E-state index contributed by atoms with van der Waals surface area (Å²) in [7, 11) is 0. The molecule has 0 radical (unpaired) electrons. The van der Waals surface area contributed by atoms with Gasteiger partial charge in [-0.1, -0.05) is 0 Å². The number of pyridine rings is 1. The van der Waals surface area contributed by atoms with E-state index in [1.807, 2.05) is 0 Å². The molecule has 0 fully saturated rings. The van der Waals surface area contributed by atoms with Crippen molar-refractivity contribution in [2.24, 2.45) is 0 Å². The molecule has 14 heavy (non-hydrogen) atoms. The zero-order valence-electron chi connectivity index (χ0n) is 6.58. The highest BCUT2D eigenvalue weighted by molar-refractivity contribution is 5.57. The van der Waals surface area contributed by atoms with Crippen LogP contribution in [-0.2, 0) is 0 Å². The van der Waals surface area contributed by atoms with E-state index in [1.54, 1.807) is 0 Å². The molecule has 0 aliphatic heterocycles. The SMILES string of the molecule is Nc1c([N+](=O)[O-])cc(C(F)F)nc1F. The van der Waals surface area contributed by atoms with Crippen LogP contribution in [0, 0.1) is 16.1 Å². The molecule has 1 aromatic heterocycles. The number of hydrogen-bond acceptors (Lipinski definition) is 4. The quantitative estimate of drug-likeness (QED) is 0.454. The van der Waals surface area contributed by atoms with E-state index in [9.17, 15) is 23.3 Å². The third-order valence-electron chi connectivity index (χ3n) is 1.43. The lowest BCUT2D eigenvalue weighted by molar-refractivity contribution is -0.384. The molecule has 1 aromatic rings. The van der Waals surface area contributed by atoms with Gasteiger partial charge in [0.25, 0.3) is 12.1 Å². The summed E-state index contributed by atoms with van der Waals surface area (Å²) in [5, 5.41) is 10.2. The Hall–Kier alpha value is -1.86. The van der Waals surface area contributed by atoms with Crippen LogP contribution < -0.4 is 5.73 Å². The number of halogens is 3. The molecule has 0 saturated heterocycles. The lowest BCUT2D eigenvalue weighted by Crippen LogP contribution is -2.04. The van der Waals surface area contributed by atoms with Crippen molar-refractivity contribution < 1.29 is 18.1 Å². The van der Waals surface area contributed by atoms with Crippen LogP contribution >= 0.6 is 0 Å². The summed E-state index contributed by atoms with van der Waals surface area (Å²) >= 11 is 0. The number of rotatable bonds is 2. The van der Waals surface area contributed by atoms with E-state index in [2.05, 4.69) is 4.98 Å². The first kappa shape index (κ1) is 10.2. The third-order valence-corrected chi connectivity index (χ3v) is 1.43. The minimum Gasteiger partial charge on any atom is -0.389 e. The van der Waals surface area contributed by atoms with E-state index in [0.29, 0.717) is 6.07 Å². The first-order valence-corrected chi connectivity index (χ1v) is 3.32. The van der Waals surface area contributed by atoms with Crippen molar-refractivity contribution in [3.8, 4) is 0 Å². The highest BCUT2D eigenvalue weighted by Crippen LogP contribution is 2.27. The van der Waals surface area contributed by atoms with Crippen molar-refractivity contribution in [1.29, 1.82) is 0 Å². The number of aromatic nitrogens is 1. The molecule has 0 amide bonds. The fourth-order valence-corrected chi connectivity index (χ4v) is 0.792. The third kappa shape index (κ3) is 1.73. The van der Waals surface area contributed by atoms with Gasteiger partial charge in [-0.05, 0) is 0 Å². The van der Waals surface area contributed by atoms with Crippen molar-refractivity contribution in [3.05, 3.63) is 27.8 Å². The van der Waals surface area contributed by atoms with Crippen LogP contribution in [0.1, 0.15) is 12.1 Å². The maximum absolute atomic E-state index is 12.7. The molecule has 0 atom stereocenters. The molecule has 0 aromatic carbocycles. The first-order chi connectivity index (χ1) is 6.43. The Morgan fingerprint density at radius 1 is 1.57 bits per heavy atom. The average Bonchev–Trinajstić information content (AvgIpc) is 2.08. The Bertz CT molecular complexity index is 383. The molecule has 2 N–H and O–H groups in total. The lowest BCUT2D eigenvalue weighted by Gasteiger charge is -2.01.